The first kappa shape index (κ1) is 13.1. The van der Waals surface area contributed by atoms with E-state index in [1.165, 1.54) is 19.1 Å². The van der Waals surface area contributed by atoms with Gasteiger partial charge in [-0.3, -0.25) is 9.59 Å². The van der Waals surface area contributed by atoms with Gasteiger partial charge >= 0.3 is 0 Å². The number of nitrogens with one attached hydrogen (secondary N) is 1. The molecule has 5 N–H and O–H groups in total. The number of aliphatic hydroxyl groups excluding tert-OH is 1. The summed E-state index contributed by atoms with van der Waals surface area (Å²) in [6, 6.07) is 7.56. The van der Waals surface area contributed by atoms with Gasteiger partial charge in [-0.25, -0.2) is 0 Å². The SMILES string of the molecule is CC(O)NC(=O)C(O)(C(N)=O)c1ccccc1. The van der Waals surface area contributed by atoms with Crippen molar-refractivity contribution < 1.29 is 19.8 Å². The molecule has 0 bridgehead atoms. The Labute approximate surface area is 98.1 Å². The van der Waals surface area contributed by atoms with Gasteiger partial charge in [-0.1, -0.05) is 30.3 Å². The highest BCUT2D eigenvalue weighted by molar-refractivity contribution is 6.08. The summed E-state index contributed by atoms with van der Waals surface area (Å²) in [4.78, 5) is 23.0. The summed E-state index contributed by atoms with van der Waals surface area (Å²) < 4.78 is 0. The predicted octanol–water partition coefficient (Wildman–Crippen LogP) is -1.19. The molecule has 0 fully saturated rings. The van der Waals surface area contributed by atoms with Crippen LogP contribution >= 0.6 is 0 Å². The van der Waals surface area contributed by atoms with Crippen molar-refractivity contribution in [1.29, 1.82) is 0 Å². The fourth-order valence-corrected chi connectivity index (χ4v) is 1.36. The molecule has 17 heavy (non-hydrogen) atoms. The van der Waals surface area contributed by atoms with Gasteiger partial charge in [0.25, 0.3) is 11.8 Å². The molecule has 0 spiro atoms. The summed E-state index contributed by atoms with van der Waals surface area (Å²) in [5, 5.41) is 21.1. The van der Waals surface area contributed by atoms with Gasteiger partial charge in [-0.2, -0.15) is 0 Å². The lowest BCUT2D eigenvalue weighted by molar-refractivity contribution is -0.154. The zero-order chi connectivity index (χ0) is 13.1. The van der Waals surface area contributed by atoms with E-state index in [0.29, 0.717) is 0 Å². The second-order valence-corrected chi connectivity index (χ2v) is 3.59. The van der Waals surface area contributed by atoms with Crippen molar-refractivity contribution in [3.63, 3.8) is 0 Å². The monoisotopic (exact) mass is 238 g/mol. The van der Waals surface area contributed by atoms with E-state index in [1.807, 2.05) is 5.32 Å². The number of benzene rings is 1. The molecule has 1 aromatic rings. The van der Waals surface area contributed by atoms with Gasteiger partial charge < -0.3 is 21.3 Å². The Morgan fingerprint density at radius 1 is 1.35 bits per heavy atom. The zero-order valence-corrected chi connectivity index (χ0v) is 9.25. The van der Waals surface area contributed by atoms with Gasteiger partial charge in [0.1, 0.15) is 6.23 Å². The lowest BCUT2D eigenvalue weighted by Crippen LogP contribution is -2.54. The Morgan fingerprint density at radius 2 is 1.88 bits per heavy atom. The minimum Gasteiger partial charge on any atom is -0.374 e. The Morgan fingerprint density at radius 3 is 2.29 bits per heavy atom. The minimum atomic E-state index is -2.49. The summed E-state index contributed by atoms with van der Waals surface area (Å²) in [5.74, 6) is -2.27. The van der Waals surface area contributed by atoms with Crippen LogP contribution in [0.4, 0.5) is 0 Å². The van der Waals surface area contributed by atoms with Gasteiger partial charge in [0.2, 0.25) is 5.60 Å². The highest BCUT2D eigenvalue weighted by Gasteiger charge is 2.44. The first-order valence-electron chi connectivity index (χ1n) is 4.96. The van der Waals surface area contributed by atoms with Crippen LogP contribution in [-0.2, 0) is 15.2 Å². The van der Waals surface area contributed by atoms with Gasteiger partial charge in [0.05, 0.1) is 0 Å². The van der Waals surface area contributed by atoms with Crippen molar-refractivity contribution in [3.05, 3.63) is 35.9 Å². The van der Waals surface area contributed by atoms with E-state index in [9.17, 15) is 14.7 Å². The number of rotatable bonds is 4. The fraction of sp³-hybridized carbons (Fsp3) is 0.273. The minimum absolute atomic E-state index is 0.0469. The van der Waals surface area contributed by atoms with E-state index in [0.717, 1.165) is 0 Å². The number of hydrogen-bond acceptors (Lipinski definition) is 4. The highest BCUT2D eigenvalue weighted by Crippen LogP contribution is 2.21. The quantitative estimate of drug-likeness (QED) is 0.390. The molecule has 1 aromatic carbocycles. The molecule has 92 valence electrons. The van der Waals surface area contributed by atoms with Gasteiger partial charge in [-0.15, -0.1) is 0 Å². The third-order valence-corrected chi connectivity index (χ3v) is 2.22. The molecule has 6 nitrogen and oxygen atoms in total. The summed E-state index contributed by atoms with van der Waals surface area (Å²) in [5.41, 5.74) is 2.61. The van der Waals surface area contributed by atoms with Crippen LogP contribution in [0.2, 0.25) is 0 Å². The van der Waals surface area contributed by atoms with Crippen LogP contribution in [0.25, 0.3) is 0 Å². The number of carbonyl (C=O) groups is 2. The van der Waals surface area contributed by atoms with Crippen molar-refractivity contribution in [2.45, 2.75) is 18.8 Å². The topological polar surface area (TPSA) is 113 Å². The Bertz CT molecular complexity index is 419. The van der Waals surface area contributed by atoms with Crippen LogP contribution in [0, 0.1) is 0 Å². The average Bonchev–Trinajstić information content (AvgIpc) is 2.27. The van der Waals surface area contributed by atoms with Crippen LogP contribution in [0.1, 0.15) is 12.5 Å². The molecule has 2 atom stereocenters. The molecule has 2 amide bonds. The molecule has 0 aliphatic heterocycles. The molecule has 6 heteroatoms. The molecule has 2 unspecified atom stereocenters. The van der Waals surface area contributed by atoms with Crippen molar-refractivity contribution in [3.8, 4) is 0 Å². The standard InChI is InChI=1S/C11H14N2O4/c1-7(14)13-10(16)11(17,9(12)15)8-5-3-2-4-6-8/h2-7,14,17H,1H3,(H2,12,15)(H,13,16). The van der Waals surface area contributed by atoms with Crippen LogP contribution in [0.5, 0.6) is 0 Å². The smallest absolute Gasteiger partial charge is 0.268 e. The second kappa shape index (κ2) is 4.94. The summed E-state index contributed by atoms with van der Waals surface area (Å²) in [7, 11) is 0. The first-order valence-corrected chi connectivity index (χ1v) is 4.96. The van der Waals surface area contributed by atoms with Crippen LogP contribution < -0.4 is 11.1 Å². The Hall–Kier alpha value is -1.92. The van der Waals surface area contributed by atoms with Crippen molar-refractivity contribution in [1.82, 2.24) is 5.32 Å². The van der Waals surface area contributed by atoms with Crippen LogP contribution in [0.3, 0.4) is 0 Å². The van der Waals surface area contributed by atoms with Gasteiger partial charge in [-0.05, 0) is 6.92 Å². The molecule has 0 aliphatic rings. The summed E-state index contributed by atoms with van der Waals surface area (Å²) in [6.45, 7) is 1.28. The van der Waals surface area contributed by atoms with Gasteiger partial charge in [0, 0.05) is 5.56 Å². The molecular formula is C11H14N2O4. The van der Waals surface area contributed by atoms with E-state index in [-0.39, 0.29) is 5.56 Å². The summed E-state index contributed by atoms with van der Waals surface area (Å²) in [6.07, 6.45) is -1.20. The number of nitrogens with two attached hydrogens (primary N) is 1. The molecule has 0 heterocycles. The maximum absolute atomic E-state index is 11.7. The predicted molar refractivity (Wildman–Crippen MR) is 59.4 cm³/mol. The maximum atomic E-state index is 11.7. The van der Waals surface area contributed by atoms with E-state index in [1.54, 1.807) is 18.2 Å². The third-order valence-electron chi connectivity index (χ3n) is 2.22. The molecule has 0 saturated carbocycles. The van der Waals surface area contributed by atoms with E-state index < -0.39 is 23.6 Å². The Balaban J connectivity index is 3.15. The summed E-state index contributed by atoms with van der Waals surface area (Å²) >= 11 is 0. The number of amides is 2. The Kier molecular flexibility index (Phi) is 3.82. The van der Waals surface area contributed by atoms with E-state index >= 15 is 0 Å². The average molecular weight is 238 g/mol. The van der Waals surface area contributed by atoms with Crippen LogP contribution in [-0.4, -0.2) is 28.3 Å². The second-order valence-electron chi connectivity index (χ2n) is 3.59. The highest BCUT2D eigenvalue weighted by atomic mass is 16.3. The van der Waals surface area contributed by atoms with Crippen molar-refractivity contribution in [2.75, 3.05) is 0 Å². The third kappa shape index (κ3) is 2.61. The van der Waals surface area contributed by atoms with Crippen LogP contribution in [0.15, 0.2) is 30.3 Å². The number of hydrogen-bond donors (Lipinski definition) is 4. The van der Waals surface area contributed by atoms with Crippen molar-refractivity contribution in [2.24, 2.45) is 5.73 Å². The molecular weight excluding hydrogens is 224 g/mol. The first-order chi connectivity index (χ1) is 7.89. The molecule has 0 aliphatic carbocycles. The lowest BCUT2D eigenvalue weighted by atomic mass is 9.92. The molecule has 0 radical (unpaired) electrons. The molecule has 0 aromatic heterocycles. The fourth-order valence-electron chi connectivity index (χ4n) is 1.36. The zero-order valence-electron chi connectivity index (χ0n) is 9.25. The van der Waals surface area contributed by atoms with Gasteiger partial charge in [0.15, 0.2) is 0 Å². The maximum Gasteiger partial charge on any atom is 0.268 e. The van der Waals surface area contributed by atoms with Crippen molar-refractivity contribution >= 4 is 11.8 Å². The molecule has 1 rings (SSSR count). The van der Waals surface area contributed by atoms with E-state index in [2.05, 4.69) is 0 Å². The largest absolute Gasteiger partial charge is 0.374 e. The molecule has 0 saturated heterocycles. The lowest BCUT2D eigenvalue weighted by Gasteiger charge is -2.24. The normalized spacial score (nSPS) is 15.7. The number of aliphatic hydroxyl groups is 2. The number of primary amides is 1. The van der Waals surface area contributed by atoms with E-state index in [4.69, 9.17) is 10.8 Å². The number of carbonyl (C=O) groups excluding carboxylic acids is 2.